The fraction of sp³-hybridized carbons (Fsp3) is 0.294. The van der Waals surface area contributed by atoms with Crippen molar-refractivity contribution in [2.75, 3.05) is 11.9 Å². The fourth-order valence-electron chi connectivity index (χ4n) is 1.98. The van der Waals surface area contributed by atoms with Gasteiger partial charge in [-0.05, 0) is 25.1 Å². The van der Waals surface area contributed by atoms with Crippen molar-refractivity contribution >= 4 is 5.69 Å². The van der Waals surface area contributed by atoms with Crippen LogP contribution in [0.1, 0.15) is 31.1 Å². The predicted molar refractivity (Wildman–Crippen MR) is 91.0 cm³/mol. The summed E-state index contributed by atoms with van der Waals surface area (Å²) in [5.41, 5.74) is 7.23. The smallest absolute Gasteiger partial charge is 0.316 e. The summed E-state index contributed by atoms with van der Waals surface area (Å²) in [6.45, 7) is 2.01. The van der Waals surface area contributed by atoms with Crippen molar-refractivity contribution in [2.45, 2.75) is 25.9 Å². The quantitative estimate of drug-likeness (QED) is 0.596. The first-order valence-electron chi connectivity index (χ1n) is 7.84. The molecule has 1 unspecified atom stereocenters. The highest BCUT2D eigenvalue weighted by molar-refractivity contribution is 5.49. The second kappa shape index (κ2) is 8.58. The second-order valence-corrected chi connectivity index (χ2v) is 5.74. The molecule has 0 saturated carbocycles. The first-order valence-corrected chi connectivity index (χ1v) is 7.84. The number of aromatic nitrogens is 2. The number of aliphatic hydroxyl groups excluding tert-OH is 1. The number of alkyl halides is 2. The van der Waals surface area contributed by atoms with Crippen LogP contribution in [0.25, 0.3) is 0 Å². The van der Waals surface area contributed by atoms with Gasteiger partial charge in [-0.15, -0.1) is 0 Å². The van der Waals surface area contributed by atoms with Crippen LogP contribution < -0.4 is 10.1 Å². The first-order chi connectivity index (χ1) is 12.7. The Bertz CT molecular complexity index is 820. The van der Waals surface area contributed by atoms with Gasteiger partial charge in [0.05, 0.1) is 11.7 Å². The maximum Gasteiger partial charge on any atom is 0.316 e. The molecule has 2 aromatic rings. The number of rotatable bonds is 8. The van der Waals surface area contributed by atoms with Crippen molar-refractivity contribution in [3.8, 4) is 6.01 Å². The van der Waals surface area contributed by atoms with Gasteiger partial charge >= 0.3 is 6.01 Å². The van der Waals surface area contributed by atoms with Crippen LogP contribution in [0, 0.1) is 11.3 Å². The van der Waals surface area contributed by atoms with E-state index in [1.807, 2.05) is 0 Å². The molecule has 1 heterocycles. The minimum atomic E-state index is -3.33. The molecule has 7 nitrogen and oxygen atoms in total. The average Bonchev–Trinajstić information content (AvgIpc) is 2.62. The van der Waals surface area contributed by atoms with Crippen molar-refractivity contribution in [3.63, 3.8) is 0 Å². The van der Waals surface area contributed by atoms with E-state index in [0.717, 1.165) is 12.1 Å². The molecule has 1 aromatic heterocycles. The molecule has 27 heavy (non-hydrogen) atoms. The minimum Gasteiger partial charge on any atom is -0.457 e. The van der Waals surface area contributed by atoms with Crippen LogP contribution in [0.5, 0.6) is 6.01 Å². The standard InChI is InChI=1S/C17H18F3N5O2/c1-10(26)11-6-23-16(24-7-11)27-9-13(25-21)8-22-12-3-4-15(18)14(5-12)17(2,19)20/h3-8,10,21-22,26H,9H2,1-2H3/b13-8-,25-21?. The van der Waals surface area contributed by atoms with Crippen LogP contribution in [0.15, 0.2) is 47.6 Å². The average molecular weight is 381 g/mol. The summed E-state index contributed by atoms with van der Waals surface area (Å²) in [5, 5.41) is 15.3. The zero-order valence-corrected chi connectivity index (χ0v) is 14.6. The molecule has 0 aliphatic rings. The molecule has 0 aliphatic heterocycles. The molecule has 3 N–H and O–H groups in total. The largest absolute Gasteiger partial charge is 0.457 e. The van der Waals surface area contributed by atoms with Crippen LogP contribution in [0.3, 0.4) is 0 Å². The number of nitrogens with zero attached hydrogens (tertiary/aromatic N) is 3. The summed E-state index contributed by atoms with van der Waals surface area (Å²) in [4.78, 5) is 7.81. The highest BCUT2D eigenvalue weighted by Crippen LogP contribution is 2.31. The van der Waals surface area contributed by atoms with Gasteiger partial charge in [-0.2, -0.15) is 5.11 Å². The zero-order chi connectivity index (χ0) is 20.0. The van der Waals surface area contributed by atoms with Crippen LogP contribution in [0.4, 0.5) is 18.9 Å². The third-order valence-electron chi connectivity index (χ3n) is 3.47. The second-order valence-electron chi connectivity index (χ2n) is 5.74. The Labute approximate surface area is 153 Å². The Morgan fingerprint density at radius 2 is 2.07 bits per heavy atom. The monoisotopic (exact) mass is 381 g/mol. The number of benzene rings is 1. The molecule has 0 amide bonds. The number of halogens is 3. The minimum absolute atomic E-state index is 0.0173. The third kappa shape index (κ3) is 5.74. The molecule has 144 valence electrons. The van der Waals surface area contributed by atoms with E-state index < -0.39 is 23.4 Å². The van der Waals surface area contributed by atoms with E-state index >= 15 is 0 Å². The molecule has 0 saturated heterocycles. The van der Waals surface area contributed by atoms with Gasteiger partial charge in [-0.25, -0.2) is 28.7 Å². The number of anilines is 1. The van der Waals surface area contributed by atoms with Crippen LogP contribution in [0.2, 0.25) is 0 Å². The van der Waals surface area contributed by atoms with Crippen molar-refractivity contribution in [1.82, 2.24) is 9.97 Å². The van der Waals surface area contributed by atoms with Crippen LogP contribution in [-0.4, -0.2) is 21.7 Å². The van der Waals surface area contributed by atoms with E-state index in [4.69, 9.17) is 10.3 Å². The van der Waals surface area contributed by atoms with Gasteiger partial charge in [0.2, 0.25) is 0 Å². The molecule has 2 rings (SSSR count). The molecule has 1 atom stereocenters. The van der Waals surface area contributed by atoms with E-state index in [1.165, 1.54) is 24.7 Å². The van der Waals surface area contributed by atoms with Crippen molar-refractivity contribution in [2.24, 2.45) is 5.11 Å². The fourth-order valence-corrected chi connectivity index (χ4v) is 1.98. The zero-order valence-electron chi connectivity index (χ0n) is 14.6. The van der Waals surface area contributed by atoms with Crippen molar-refractivity contribution in [3.05, 3.63) is 59.4 Å². The normalized spacial score (nSPS) is 13.2. The topological polar surface area (TPSA) is 103 Å². The number of hydrogen-bond donors (Lipinski definition) is 3. The number of ether oxygens (including phenoxy) is 1. The Balaban J connectivity index is 2.03. The number of hydrogen-bond acceptors (Lipinski definition) is 7. The Morgan fingerprint density at radius 1 is 1.41 bits per heavy atom. The van der Waals surface area contributed by atoms with E-state index in [9.17, 15) is 18.3 Å². The lowest BCUT2D eigenvalue weighted by atomic mass is 10.1. The predicted octanol–water partition coefficient (Wildman–Crippen LogP) is 4.14. The molecule has 0 spiro atoms. The molecular weight excluding hydrogens is 363 g/mol. The van der Waals surface area contributed by atoms with Gasteiger partial charge < -0.3 is 15.2 Å². The van der Waals surface area contributed by atoms with Crippen LogP contribution >= 0.6 is 0 Å². The Morgan fingerprint density at radius 3 is 2.63 bits per heavy atom. The lowest BCUT2D eigenvalue weighted by molar-refractivity contribution is 0.0138. The van der Waals surface area contributed by atoms with Crippen LogP contribution in [-0.2, 0) is 5.92 Å². The highest BCUT2D eigenvalue weighted by Gasteiger charge is 2.28. The summed E-state index contributed by atoms with van der Waals surface area (Å²) < 4.78 is 45.5. The summed E-state index contributed by atoms with van der Waals surface area (Å²) in [5.74, 6) is -4.34. The van der Waals surface area contributed by atoms with E-state index in [1.54, 1.807) is 6.92 Å². The lowest BCUT2D eigenvalue weighted by Crippen LogP contribution is -2.10. The molecule has 1 aromatic carbocycles. The van der Waals surface area contributed by atoms with Gasteiger partial charge in [0.1, 0.15) is 18.1 Å². The van der Waals surface area contributed by atoms with Gasteiger partial charge in [-0.3, -0.25) is 0 Å². The molecule has 0 bridgehead atoms. The van der Waals surface area contributed by atoms with Crippen molar-refractivity contribution < 1.29 is 23.0 Å². The van der Waals surface area contributed by atoms with E-state index in [-0.39, 0.29) is 24.0 Å². The molecular formula is C17H18F3N5O2. The highest BCUT2D eigenvalue weighted by atomic mass is 19.3. The summed E-state index contributed by atoms with van der Waals surface area (Å²) in [6, 6.07) is 3.20. The maximum absolute atomic E-state index is 13.5. The first kappa shape index (κ1) is 20.3. The molecule has 0 fully saturated rings. The molecule has 0 radical (unpaired) electrons. The molecule has 0 aliphatic carbocycles. The SMILES string of the molecule is CC(O)c1cnc(OC/C(=C/Nc2ccc(F)c(C(C)(F)F)c2)N=N)nc1. The van der Waals surface area contributed by atoms with Gasteiger partial charge in [0.25, 0.3) is 5.92 Å². The molecule has 10 heteroatoms. The summed E-state index contributed by atoms with van der Waals surface area (Å²) in [6.07, 6.45) is 3.36. The Kier molecular flexibility index (Phi) is 6.45. The van der Waals surface area contributed by atoms with Gasteiger partial charge in [0, 0.05) is 36.8 Å². The lowest BCUT2D eigenvalue weighted by Gasteiger charge is -2.13. The summed E-state index contributed by atoms with van der Waals surface area (Å²) in [7, 11) is 0. The summed E-state index contributed by atoms with van der Waals surface area (Å²) >= 11 is 0. The number of nitrogens with one attached hydrogen (secondary N) is 2. The van der Waals surface area contributed by atoms with Gasteiger partial charge in [0.15, 0.2) is 0 Å². The van der Waals surface area contributed by atoms with E-state index in [2.05, 4.69) is 20.4 Å². The third-order valence-corrected chi connectivity index (χ3v) is 3.47. The number of aliphatic hydroxyl groups is 1. The Hall–Kier alpha value is -3.01. The maximum atomic E-state index is 13.5. The van der Waals surface area contributed by atoms with Gasteiger partial charge in [-0.1, -0.05) is 0 Å². The van der Waals surface area contributed by atoms with Crippen molar-refractivity contribution in [1.29, 1.82) is 5.53 Å². The van der Waals surface area contributed by atoms with E-state index in [0.29, 0.717) is 12.5 Å².